The topological polar surface area (TPSA) is 81.6 Å². The second-order valence-electron chi connectivity index (χ2n) is 3.87. The first-order valence-electron chi connectivity index (χ1n) is 5.29. The van der Waals surface area contributed by atoms with Crippen LogP contribution in [0.15, 0.2) is 22.6 Å². The van der Waals surface area contributed by atoms with Crippen LogP contribution in [0.25, 0.3) is 11.1 Å². The molecule has 0 saturated carbocycles. The number of carbonyl (C=O) groups excluding carboxylic acids is 1. The van der Waals surface area contributed by atoms with Gasteiger partial charge in [0.2, 0.25) is 5.89 Å². The van der Waals surface area contributed by atoms with Gasteiger partial charge in [-0.3, -0.25) is 4.90 Å². The van der Waals surface area contributed by atoms with Gasteiger partial charge in [-0.1, -0.05) is 0 Å². The van der Waals surface area contributed by atoms with Crippen LogP contribution >= 0.6 is 0 Å². The molecule has 1 amide bonds. The summed E-state index contributed by atoms with van der Waals surface area (Å²) >= 11 is 0. The van der Waals surface area contributed by atoms with Gasteiger partial charge in [0, 0.05) is 11.8 Å². The number of benzene rings is 1. The lowest BCUT2D eigenvalue weighted by Crippen LogP contribution is -2.23. The highest BCUT2D eigenvalue weighted by molar-refractivity contribution is 5.76. The molecule has 88 valence electrons. The number of nitrogens with zero attached hydrogens (tertiary/aromatic N) is 2. The molecule has 0 aliphatic carbocycles. The van der Waals surface area contributed by atoms with Crippen LogP contribution in [0.1, 0.15) is 5.89 Å². The number of oxazole rings is 1. The molecule has 1 aliphatic heterocycles. The third kappa shape index (κ3) is 1.77. The summed E-state index contributed by atoms with van der Waals surface area (Å²) in [5.41, 5.74) is 7.64. The van der Waals surface area contributed by atoms with E-state index in [2.05, 4.69) is 4.98 Å². The van der Waals surface area contributed by atoms with E-state index in [0.717, 1.165) is 5.52 Å². The minimum absolute atomic E-state index is 0.327. The molecule has 2 N–H and O–H groups in total. The Morgan fingerprint density at radius 3 is 3.12 bits per heavy atom. The molecule has 1 aliphatic rings. The Bertz CT molecular complexity index is 578. The van der Waals surface area contributed by atoms with E-state index in [9.17, 15) is 4.79 Å². The molecule has 1 saturated heterocycles. The Morgan fingerprint density at radius 2 is 2.35 bits per heavy atom. The van der Waals surface area contributed by atoms with Crippen molar-refractivity contribution in [2.24, 2.45) is 0 Å². The third-order valence-corrected chi connectivity index (χ3v) is 2.63. The molecule has 6 heteroatoms. The molecule has 3 rings (SSSR count). The summed E-state index contributed by atoms with van der Waals surface area (Å²) in [6.45, 7) is 1.32. The molecular formula is C11H11N3O3. The largest absolute Gasteiger partial charge is 0.448 e. The lowest BCUT2D eigenvalue weighted by molar-refractivity contribution is 0.155. The van der Waals surface area contributed by atoms with Crippen LogP contribution < -0.4 is 5.73 Å². The second kappa shape index (κ2) is 3.65. The first-order chi connectivity index (χ1) is 8.22. The number of ether oxygens (including phenoxy) is 1. The highest BCUT2D eigenvalue weighted by Gasteiger charge is 2.23. The maximum absolute atomic E-state index is 11.3. The summed E-state index contributed by atoms with van der Waals surface area (Å²) in [6.07, 6.45) is -0.327. The Morgan fingerprint density at radius 1 is 1.47 bits per heavy atom. The highest BCUT2D eigenvalue weighted by atomic mass is 16.6. The van der Waals surface area contributed by atoms with Gasteiger partial charge in [-0.2, -0.15) is 0 Å². The third-order valence-electron chi connectivity index (χ3n) is 2.63. The summed E-state index contributed by atoms with van der Waals surface area (Å²) in [7, 11) is 0. The number of anilines is 1. The predicted octanol–water partition coefficient (Wildman–Crippen LogP) is 1.36. The number of nitrogen functional groups attached to an aromatic ring is 1. The van der Waals surface area contributed by atoms with Crippen molar-refractivity contribution in [1.29, 1.82) is 0 Å². The summed E-state index contributed by atoms with van der Waals surface area (Å²) in [5, 5.41) is 0. The standard InChI is InChI=1S/C11H11N3O3/c12-7-1-2-8-9(5-7)17-10(13-8)6-14-3-4-16-11(14)15/h1-2,5H,3-4,6,12H2. The van der Waals surface area contributed by atoms with Gasteiger partial charge in [-0.25, -0.2) is 9.78 Å². The van der Waals surface area contributed by atoms with Crippen LogP contribution in [0.3, 0.4) is 0 Å². The zero-order valence-corrected chi connectivity index (χ0v) is 9.05. The van der Waals surface area contributed by atoms with Crippen molar-refractivity contribution in [3.63, 3.8) is 0 Å². The van der Waals surface area contributed by atoms with Crippen LogP contribution in [0.4, 0.5) is 10.5 Å². The maximum atomic E-state index is 11.3. The number of amides is 1. The molecule has 0 bridgehead atoms. The molecule has 0 unspecified atom stereocenters. The van der Waals surface area contributed by atoms with E-state index in [4.69, 9.17) is 14.9 Å². The first-order valence-corrected chi connectivity index (χ1v) is 5.29. The Hall–Kier alpha value is -2.24. The van der Waals surface area contributed by atoms with E-state index in [1.807, 2.05) is 0 Å². The zero-order chi connectivity index (χ0) is 11.8. The van der Waals surface area contributed by atoms with E-state index in [1.165, 1.54) is 0 Å². The van der Waals surface area contributed by atoms with E-state index >= 15 is 0 Å². The fraction of sp³-hybridized carbons (Fsp3) is 0.273. The van der Waals surface area contributed by atoms with E-state index in [0.29, 0.717) is 36.9 Å². The SMILES string of the molecule is Nc1ccc2nc(CN3CCOC3=O)oc2c1. The molecule has 2 aromatic rings. The van der Waals surface area contributed by atoms with Gasteiger partial charge in [-0.05, 0) is 12.1 Å². The molecular weight excluding hydrogens is 222 g/mol. The van der Waals surface area contributed by atoms with E-state index < -0.39 is 0 Å². The van der Waals surface area contributed by atoms with Crippen LogP contribution in [0, 0.1) is 0 Å². The highest BCUT2D eigenvalue weighted by Crippen LogP contribution is 2.20. The minimum Gasteiger partial charge on any atom is -0.448 e. The van der Waals surface area contributed by atoms with Crippen molar-refractivity contribution in [1.82, 2.24) is 9.88 Å². The number of carbonyl (C=O) groups is 1. The first kappa shape index (κ1) is 9.95. The number of hydrogen-bond acceptors (Lipinski definition) is 5. The predicted molar refractivity (Wildman–Crippen MR) is 60.2 cm³/mol. The number of nitrogens with two attached hydrogens (primary N) is 1. The number of cyclic esters (lactones) is 1. The van der Waals surface area contributed by atoms with Crippen molar-refractivity contribution < 1.29 is 13.9 Å². The minimum atomic E-state index is -0.327. The van der Waals surface area contributed by atoms with Gasteiger partial charge in [0.1, 0.15) is 18.7 Å². The van der Waals surface area contributed by atoms with Gasteiger partial charge < -0.3 is 14.9 Å². The van der Waals surface area contributed by atoms with E-state index in [1.54, 1.807) is 23.1 Å². The average molecular weight is 233 g/mol. The maximum Gasteiger partial charge on any atom is 0.410 e. The molecule has 17 heavy (non-hydrogen) atoms. The zero-order valence-electron chi connectivity index (χ0n) is 9.05. The van der Waals surface area contributed by atoms with Crippen molar-refractivity contribution in [3.05, 3.63) is 24.1 Å². The molecule has 6 nitrogen and oxygen atoms in total. The lowest BCUT2D eigenvalue weighted by atomic mass is 10.3. The normalized spacial score (nSPS) is 15.5. The molecule has 0 radical (unpaired) electrons. The van der Waals surface area contributed by atoms with Crippen LogP contribution in [0.5, 0.6) is 0 Å². The molecule has 0 atom stereocenters. The summed E-state index contributed by atoms with van der Waals surface area (Å²) < 4.78 is 10.3. The van der Waals surface area contributed by atoms with Gasteiger partial charge >= 0.3 is 6.09 Å². The van der Waals surface area contributed by atoms with Crippen LogP contribution in [0.2, 0.25) is 0 Å². The van der Waals surface area contributed by atoms with Crippen molar-refractivity contribution in [3.8, 4) is 0 Å². The number of rotatable bonds is 2. The van der Waals surface area contributed by atoms with Crippen LogP contribution in [-0.4, -0.2) is 29.1 Å². The summed E-state index contributed by atoms with van der Waals surface area (Å²) in [4.78, 5) is 17.1. The molecule has 1 aromatic carbocycles. The molecule has 2 heterocycles. The molecule has 1 fully saturated rings. The van der Waals surface area contributed by atoms with E-state index in [-0.39, 0.29) is 6.09 Å². The Kier molecular flexibility index (Phi) is 2.14. The number of hydrogen-bond donors (Lipinski definition) is 1. The summed E-state index contributed by atoms with van der Waals surface area (Å²) in [5.74, 6) is 0.490. The Balaban J connectivity index is 1.88. The fourth-order valence-corrected chi connectivity index (χ4v) is 1.79. The number of fused-ring (bicyclic) bond motifs is 1. The quantitative estimate of drug-likeness (QED) is 0.792. The molecule has 0 spiro atoms. The smallest absolute Gasteiger partial charge is 0.410 e. The Labute approximate surface area is 97.0 Å². The van der Waals surface area contributed by atoms with Crippen molar-refractivity contribution >= 4 is 22.9 Å². The van der Waals surface area contributed by atoms with Crippen molar-refractivity contribution in [2.75, 3.05) is 18.9 Å². The molecule has 1 aromatic heterocycles. The van der Waals surface area contributed by atoms with Crippen LogP contribution in [-0.2, 0) is 11.3 Å². The van der Waals surface area contributed by atoms with Gasteiger partial charge in [0.25, 0.3) is 0 Å². The van der Waals surface area contributed by atoms with Gasteiger partial charge in [0.05, 0.1) is 6.54 Å². The lowest BCUT2D eigenvalue weighted by Gasteiger charge is -2.08. The number of aromatic nitrogens is 1. The van der Waals surface area contributed by atoms with Gasteiger partial charge in [-0.15, -0.1) is 0 Å². The monoisotopic (exact) mass is 233 g/mol. The fourth-order valence-electron chi connectivity index (χ4n) is 1.79. The second-order valence-corrected chi connectivity index (χ2v) is 3.87. The summed E-state index contributed by atoms with van der Waals surface area (Å²) in [6, 6.07) is 5.27. The van der Waals surface area contributed by atoms with Gasteiger partial charge in [0.15, 0.2) is 5.58 Å². The average Bonchev–Trinajstić information content (AvgIpc) is 2.85. The van der Waals surface area contributed by atoms with Crippen molar-refractivity contribution in [2.45, 2.75) is 6.54 Å².